The second-order valence-corrected chi connectivity index (χ2v) is 8.01. The van der Waals surface area contributed by atoms with Gasteiger partial charge in [-0.2, -0.15) is 4.31 Å². The van der Waals surface area contributed by atoms with Crippen LogP contribution in [0.15, 0.2) is 59.5 Å². The number of sulfonamides is 1. The third-order valence-electron chi connectivity index (χ3n) is 4.17. The van der Waals surface area contributed by atoms with Crippen molar-refractivity contribution in [1.82, 2.24) is 4.31 Å². The Morgan fingerprint density at radius 3 is 2.40 bits per heavy atom. The molecule has 1 fully saturated rings. The lowest BCUT2D eigenvalue weighted by Gasteiger charge is -2.36. The van der Waals surface area contributed by atoms with Gasteiger partial charge in [-0.3, -0.25) is 0 Å². The van der Waals surface area contributed by atoms with Gasteiger partial charge in [0.2, 0.25) is 10.0 Å². The molecule has 0 spiro atoms. The zero-order chi connectivity index (χ0) is 17.9. The molecule has 5 nitrogen and oxygen atoms in total. The van der Waals surface area contributed by atoms with E-state index in [-0.39, 0.29) is 17.1 Å². The van der Waals surface area contributed by atoms with Crippen LogP contribution in [0.4, 0.5) is 0 Å². The molecule has 0 saturated carbocycles. The fraction of sp³-hybridized carbons (Fsp3) is 0.368. The molecule has 1 aliphatic heterocycles. The van der Waals surface area contributed by atoms with Crippen molar-refractivity contribution < 1.29 is 17.9 Å². The van der Waals surface area contributed by atoms with Crippen molar-refractivity contribution in [3.05, 3.63) is 60.2 Å². The molecule has 3 rings (SSSR count). The molecule has 1 heterocycles. The summed E-state index contributed by atoms with van der Waals surface area (Å²) in [6.07, 6.45) is -0.432. The van der Waals surface area contributed by atoms with Gasteiger partial charge in [-0.15, -0.1) is 0 Å². The predicted octanol–water partition coefficient (Wildman–Crippen LogP) is 3.24. The largest absolute Gasteiger partial charge is 0.494 e. The normalized spacial score (nSPS) is 21.8. The number of hydrogen-bond donors (Lipinski definition) is 0. The Bertz CT molecular complexity index is 790. The highest BCUT2D eigenvalue weighted by Crippen LogP contribution is 2.29. The van der Waals surface area contributed by atoms with Crippen LogP contribution >= 0.6 is 0 Å². The predicted molar refractivity (Wildman–Crippen MR) is 96.1 cm³/mol. The van der Waals surface area contributed by atoms with Gasteiger partial charge in [0.05, 0.1) is 23.7 Å². The number of nitrogens with zero attached hydrogens (tertiary/aromatic N) is 1. The SMILES string of the molecule is CCOc1ccc(S(=O)(=O)N2CC(C)OC(c3ccccc3)C2)cc1. The van der Waals surface area contributed by atoms with Gasteiger partial charge in [-0.1, -0.05) is 30.3 Å². The van der Waals surface area contributed by atoms with Crippen LogP contribution in [0.3, 0.4) is 0 Å². The van der Waals surface area contributed by atoms with Crippen LogP contribution in [-0.2, 0) is 14.8 Å². The zero-order valence-corrected chi connectivity index (χ0v) is 15.3. The summed E-state index contributed by atoms with van der Waals surface area (Å²) in [5.74, 6) is 0.666. The van der Waals surface area contributed by atoms with Crippen LogP contribution in [0.5, 0.6) is 5.75 Å². The Kier molecular flexibility index (Phi) is 5.42. The average Bonchev–Trinajstić information content (AvgIpc) is 2.63. The van der Waals surface area contributed by atoms with Crippen LogP contribution in [0.1, 0.15) is 25.5 Å². The van der Waals surface area contributed by atoms with Crippen LogP contribution < -0.4 is 4.74 Å². The number of morpholine rings is 1. The number of benzene rings is 2. The highest BCUT2D eigenvalue weighted by atomic mass is 32.2. The molecule has 0 amide bonds. The van der Waals surface area contributed by atoms with E-state index < -0.39 is 10.0 Å². The maximum Gasteiger partial charge on any atom is 0.243 e. The lowest BCUT2D eigenvalue weighted by atomic mass is 10.1. The summed E-state index contributed by atoms with van der Waals surface area (Å²) in [4.78, 5) is 0.275. The zero-order valence-electron chi connectivity index (χ0n) is 14.5. The first-order valence-electron chi connectivity index (χ1n) is 8.44. The van der Waals surface area contributed by atoms with Crippen LogP contribution in [0.25, 0.3) is 0 Å². The Hall–Kier alpha value is -1.89. The lowest BCUT2D eigenvalue weighted by molar-refractivity contribution is -0.0557. The minimum atomic E-state index is -3.57. The number of ether oxygens (including phenoxy) is 2. The fourth-order valence-electron chi connectivity index (χ4n) is 2.98. The van der Waals surface area contributed by atoms with E-state index in [2.05, 4.69) is 0 Å². The van der Waals surface area contributed by atoms with Gasteiger partial charge in [0.15, 0.2) is 0 Å². The standard InChI is InChI=1S/C19H23NO4S/c1-3-23-17-9-11-18(12-10-17)25(21,22)20-13-15(2)24-19(14-20)16-7-5-4-6-8-16/h4-12,15,19H,3,13-14H2,1-2H3. The molecule has 2 unspecified atom stereocenters. The van der Waals surface area contributed by atoms with E-state index in [1.807, 2.05) is 44.2 Å². The lowest BCUT2D eigenvalue weighted by Crippen LogP contribution is -2.45. The van der Waals surface area contributed by atoms with Crippen molar-refractivity contribution in [3.63, 3.8) is 0 Å². The van der Waals surface area contributed by atoms with E-state index in [1.165, 1.54) is 4.31 Å². The summed E-state index contributed by atoms with van der Waals surface area (Å²) in [7, 11) is -3.57. The van der Waals surface area contributed by atoms with Gasteiger partial charge in [0.25, 0.3) is 0 Å². The molecule has 0 aliphatic carbocycles. The summed E-state index contributed by atoms with van der Waals surface area (Å²) in [6.45, 7) is 4.99. The molecule has 2 atom stereocenters. The summed E-state index contributed by atoms with van der Waals surface area (Å²) in [5.41, 5.74) is 0.987. The minimum absolute atomic E-state index is 0.170. The first kappa shape index (κ1) is 17.9. The number of rotatable bonds is 5. The number of hydrogen-bond acceptors (Lipinski definition) is 4. The van der Waals surface area contributed by atoms with Crippen molar-refractivity contribution >= 4 is 10.0 Å². The third kappa shape index (κ3) is 4.03. The molecule has 2 aromatic carbocycles. The highest BCUT2D eigenvalue weighted by molar-refractivity contribution is 7.89. The van der Waals surface area contributed by atoms with E-state index in [0.717, 1.165) is 5.56 Å². The molecule has 2 aromatic rings. The second kappa shape index (κ2) is 7.56. The molecule has 1 saturated heterocycles. The van der Waals surface area contributed by atoms with E-state index in [9.17, 15) is 8.42 Å². The summed E-state index contributed by atoms with van der Waals surface area (Å²) in [6, 6.07) is 16.3. The molecule has 6 heteroatoms. The average molecular weight is 361 g/mol. The smallest absolute Gasteiger partial charge is 0.243 e. The van der Waals surface area contributed by atoms with Crippen molar-refractivity contribution in [2.75, 3.05) is 19.7 Å². The van der Waals surface area contributed by atoms with Crippen molar-refractivity contribution in [2.45, 2.75) is 31.0 Å². The Morgan fingerprint density at radius 2 is 1.76 bits per heavy atom. The molecule has 1 aliphatic rings. The van der Waals surface area contributed by atoms with Gasteiger partial charge in [-0.25, -0.2) is 8.42 Å². The van der Waals surface area contributed by atoms with Crippen molar-refractivity contribution in [3.8, 4) is 5.75 Å². The molecule has 0 N–H and O–H groups in total. The highest BCUT2D eigenvalue weighted by Gasteiger charge is 2.34. The maximum atomic E-state index is 13.0. The van der Waals surface area contributed by atoms with Gasteiger partial charge in [0, 0.05) is 13.1 Å². The van der Waals surface area contributed by atoms with Gasteiger partial charge in [0.1, 0.15) is 5.75 Å². The Morgan fingerprint density at radius 1 is 1.08 bits per heavy atom. The van der Waals surface area contributed by atoms with Crippen molar-refractivity contribution in [2.24, 2.45) is 0 Å². The monoisotopic (exact) mass is 361 g/mol. The molecule has 134 valence electrons. The quantitative estimate of drug-likeness (QED) is 0.820. The topological polar surface area (TPSA) is 55.8 Å². The van der Waals surface area contributed by atoms with Crippen molar-refractivity contribution in [1.29, 1.82) is 0 Å². The fourth-order valence-corrected chi connectivity index (χ4v) is 4.50. The molecule has 0 radical (unpaired) electrons. The summed E-state index contributed by atoms with van der Waals surface area (Å²) in [5, 5.41) is 0. The molecule has 25 heavy (non-hydrogen) atoms. The van der Waals surface area contributed by atoms with E-state index in [1.54, 1.807) is 24.3 Å². The van der Waals surface area contributed by atoms with Gasteiger partial charge < -0.3 is 9.47 Å². The summed E-state index contributed by atoms with van der Waals surface area (Å²) >= 11 is 0. The van der Waals surface area contributed by atoms with Gasteiger partial charge in [-0.05, 0) is 43.7 Å². The van der Waals surface area contributed by atoms with Gasteiger partial charge >= 0.3 is 0 Å². The van der Waals surface area contributed by atoms with Crippen LogP contribution in [0, 0.1) is 0 Å². The minimum Gasteiger partial charge on any atom is -0.494 e. The first-order chi connectivity index (χ1) is 12.0. The van der Waals surface area contributed by atoms with E-state index in [0.29, 0.717) is 25.4 Å². The Labute approximate surface area is 149 Å². The molecular weight excluding hydrogens is 338 g/mol. The summed E-state index contributed by atoms with van der Waals surface area (Å²) < 4.78 is 38.9. The molecule has 0 bridgehead atoms. The first-order valence-corrected chi connectivity index (χ1v) is 9.88. The van der Waals surface area contributed by atoms with E-state index in [4.69, 9.17) is 9.47 Å². The van der Waals surface area contributed by atoms with Crippen LogP contribution in [-0.4, -0.2) is 38.5 Å². The van der Waals surface area contributed by atoms with E-state index >= 15 is 0 Å². The molecular formula is C19H23NO4S. The Balaban J connectivity index is 1.83. The second-order valence-electron chi connectivity index (χ2n) is 6.07. The maximum absolute atomic E-state index is 13.0. The molecule has 0 aromatic heterocycles. The van der Waals surface area contributed by atoms with Crippen LogP contribution in [0.2, 0.25) is 0 Å². The third-order valence-corrected chi connectivity index (χ3v) is 6.02.